The molecule has 0 unspecified atom stereocenters. The lowest BCUT2D eigenvalue weighted by Crippen LogP contribution is -2.06. The Labute approximate surface area is 98.0 Å². The second kappa shape index (κ2) is 5.06. The number of rotatable bonds is 2. The normalized spacial score (nSPS) is 9.47. The van der Waals surface area contributed by atoms with Crippen molar-refractivity contribution in [1.82, 2.24) is 0 Å². The number of carbonyl (C=O) groups is 1. The number of esters is 1. The summed E-state index contributed by atoms with van der Waals surface area (Å²) < 4.78 is 4.52. The zero-order valence-electron chi connectivity index (χ0n) is 7.95. The molecule has 0 bridgehead atoms. The lowest BCUT2D eigenvalue weighted by molar-refractivity contribution is -0.139. The molecule has 5 heteroatoms. The van der Waals surface area contributed by atoms with Crippen LogP contribution in [0.25, 0.3) is 0 Å². The number of hydrogen-bond donors (Lipinski definition) is 1. The van der Waals surface area contributed by atoms with E-state index in [-0.39, 0.29) is 6.42 Å². The molecule has 0 radical (unpaired) electrons. The van der Waals surface area contributed by atoms with Gasteiger partial charge in [-0.1, -0.05) is 11.6 Å². The molecule has 1 aromatic rings. The Bertz CT molecular complexity index is 440. The fourth-order valence-electron chi connectivity index (χ4n) is 1.14. The van der Waals surface area contributed by atoms with Gasteiger partial charge in [0.25, 0.3) is 0 Å². The lowest BCUT2D eigenvalue weighted by atomic mass is 10.1. The SMILES string of the molecule is COC(=O)Cc1cc(Cl)cc(S)c1C#N. The monoisotopic (exact) mass is 241 g/mol. The van der Waals surface area contributed by atoms with Crippen molar-refractivity contribution < 1.29 is 9.53 Å². The van der Waals surface area contributed by atoms with Crippen LogP contribution in [-0.4, -0.2) is 13.1 Å². The van der Waals surface area contributed by atoms with Crippen LogP contribution in [0, 0.1) is 11.3 Å². The van der Waals surface area contributed by atoms with Crippen LogP contribution < -0.4 is 0 Å². The second-order valence-electron chi connectivity index (χ2n) is 2.82. The van der Waals surface area contributed by atoms with Gasteiger partial charge in [-0.15, -0.1) is 12.6 Å². The Morgan fingerprint density at radius 1 is 1.67 bits per heavy atom. The smallest absolute Gasteiger partial charge is 0.310 e. The van der Waals surface area contributed by atoms with E-state index in [1.807, 2.05) is 6.07 Å². The highest BCUT2D eigenvalue weighted by Crippen LogP contribution is 2.23. The van der Waals surface area contributed by atoms with E-state index in [9.17, 15) is 4.79 Å². The molecular weight excluding hydrogens is 234 g/mol. The first-order valence-corrected chi connectivity index (χ1v) is 4.89. The summed E-state index contributed by atoms with van der Waals surface area (Å²) >= 11 is 9.91. The topological polar surface area (TPSA) is 50.1 Å². The summed E-state index contributed by atoms with van der Waals surface area (Å²) in [5.74, 6) is -0.415. The van der Waals surface area contributed by atoms with Crippen molar-refractivity contribution in [1.29, 1.82) is 5.26 Å². The summed E-state index contributed by atoms with van der Waals surface area (Å²) in [4.78, 5) is 11.5. The molecule has 0 heterocycles. The Balaban J connectivity index is 3.16. The van der Waals surface area contributed by atoms with Crippen LogP contribution >= 0.6 is 24.2 Å². The minimum absolute atomic E-state index is 0.0213. The molecule has 0 aliphatic carbocycles. The lowest BCUT2D eigenvalue weighted by Gasteiger charge is -2.05. The molecule has 0 atom stereocenters. The van der Waals surface area contributed by atoms with Crippen LogP contribution in [0.1, 0.15) is 11.1 Å². The molecule has 0 spiro atoms. The van der Waals surface area contributed by atoms with E-state index in [1.54, 1.807) is 12.1 Å². The summed E-state index contributed by atoms with van der Waals surface area (Å²) in [6.45, 7) is 0. The van der Waals surface area contributed by atoms with Crippen LogP contribution in [0.2, 0.25) is 5.02 Å². The average molecular weight is 242 g/mol. The van der Waals surface area contributed by atoms with Gasteiger partial charge in [-0.3, -0.25) is 4.79 Å². The number of carbonyl (C=O) groups excluding carboxylic acids is 1. The molecule has 0 fully saturated rings. The van der Waals surface area contributed by atoms with Gasteiger partial charge in [0.05, 0.1) is 19.1 Å². The Hall–Kier alpha value is -1.18. The van der Waals surface area contributed by atoms with Crippen LogP contribution in [-0.2, 0) is 16.0 Å². The molecule has 1 aromatic carbocycles. The predicted molar refractivity (Wildman–Crippen MR) is 59.1 cm³/mol. The van der Waals surface area contributed by atoms with E-state index in [2.05, 4.69) is 17.4 Å². The summed E-state index contributed by atoms with van der Waals surface area (Å²) in [6.07, 6.45) is 0.0213. The molecular formula is C10H8ClNO2S. The van der Waals surface area contributed by atoms with Gasteiger partial charge in [0.15, 0.2) is 0 Å². The Morgan fingerprint density at radius 3 is 2.87 bits per heavy atom. The Morgan fingerprint density at radius 2 is 2.33 bits per heavy atom. The summed E-state index contributed by atoms with van der Waals surface area (Å²) in [5, 5.41) is 9.32. The minimum atomic E-state index is -0.415. The fourth-order valence-corrected chi connectivity index (χ4v) is 1.79. The third-order valence-electron chi connectivity index (χ3n) is 1.84. The van der Waals surface area contributed by atoms with Crippen molar-refractivity contribution >= 4 is 30.2 Å². The first-order valence-electron chi connectivity index (χ1n) is 4.06. The number of thiol groups is 1. The quantitative estimate of drug-likeness (QED) is 0.638. The van der Waals surface area contributed by atoms with E-state index < -0.39 is 5.97 Å². The van der Waals surface area contributed by atoms with Gasteiger partial charge >= 0.3 is 5.97 Å². The third kappa shape index (κ3) is 2.88. The number of nitrogens with zero attached hydrogens (tertiary/aromatic N) is 1. The highest BCUT2D eigenvalue weighted by atomic mass is 35.5. The van der Waals surface area contributed by atoms with Gasteiger partial charge in [0, 0.05) is 9.92 Å². The van der Waals surface area contributed by atoms with Crippen molar-refractivity contribution in [3.63, 3.8) is 0 Å². The highest BCUT2D eigenvalue weighted by Gasteiger charge is 2.11. The van der Waals surface area contributed by atoms with Crippen molar-refractivity contribution in [2.75, 3.05) is 7.11 Å². The summed E-state index contributed by atoms with van der Waals surface area (Å²) in [5.41, 5.74) is 0.884. The van der Waals surface area contributed by atoms with Gasteiger partial charge in [0.2, 0.25) is 0 Å². The molecule has 3 nitrogen and oxygen atoms in total. The van der Waals surface area contributed by atoms with Crippen molar-refractivity contribution in [2.24, 2.45) is 0 Å². The molecule has 0 aliphatic rings. The average Bonchev–Trinajstić information content (AvgIpc) is 2.17. The molecule has 0 aromatic heterocycles. The number of hydrogen-bond acceptors (Lipinski definition) is 4. The van der Waals surface area contributed by atoms with E-state index >= 15 is 0 Å². The summed E-state index contributed by atoms with van der Waals surface area (Å²) in [6, 6.07) is 5.10. The van der Waals surface area contributed by atoms with E-state index in [0.717, 1.165) is 0 Å². The molecule has 1 rings (SSSR count). The molecule has 0 aliphatic heterocycles. The molecule has 78 valence electrons. The summed E-state index contributed by atoms with van der Waals surface area (Å²) in [7, 11) is 1.29. The number of nitriles is 1. The molecule has 0 saturated heterocycles. The predicted octanol–water partition coefficient (Wildman–Crippen LogP) is 2.22. The number of ether oxygens (including phenoxy) is 1. The van der Waals surface area contributed by atoms with E-state index in [1.165, 1.54) is 7.11 Å². The van der Waals surface area contributed by atoms with Crippen molar-refractivity contribution in [3.8, 4) is 6.07 Å². The molecule has 0 saturated carbocycles. The maximum absolute atomic E-state index is 11.1. The van der Waals surface area contributed by atoms with Crippen LogP contribution in [0.15, 0.2) is 17.0 Å². The third-order valence-corrected chi connectivity index (χ3v) is 2.41. The largest absolute Gasteiger partial charge is 0.469 e. The maximum atomic E-state index is 11.1. The molecule has 0 N–H and O–H groups in total. The molecule has 15 heavy (non-hydrogen) atoms. The molecule has 0 amide bonds. The second-order valence-corrected chi connectivity index (χ2v) is 3.74. The van der Waals surface area contributed by atoms with Crippen molar-refractivity contribution in [2.45, 2.75) is 11.3 Å². The fraction of sp³-hybridized carbons (Fsp3) is 0.200. The van der Waals surface area contributed by atoms with Crippen LogP contribution in [0.5, 0.6) is 0 Å². The minimum Gasteiger partial charge on any atom is -0.469 e. The zero-order valence-corrected chi connectivity index (χ0v) is 9.60. The van der Waals surface area contributed by atoms with Gasteiger partial charge in [-0.25, -0.2) is 0 Å². The van der Waals surface area contributed by atoms with Gasteiger partial charge < -0.3 is 4.74 Å². The Kier molecular flexibility index (Phi) is 4.01. The first-order chi connectivity index (χ1) is 7.08. The van der Waals surface area contributed by atoms with E-state index in [0.29, 0.717) is 21.0 Å². The number of methoxy groups -OCH3 is 1. The van der Waals surface area contributed by atoms with Crippen molar-refractivity contribution in [3.05, 3.63) is 28.3 Å². The van der Waals surface area contributed by atoms with Gasteiger partial charge in [0.1, 0.15) is 6.07 Å². The van der Waals surface area contributed by atoms with Gasteiger partial charge in [-0.2, -0.15) is 5.26 Å². The standard InChI is InChI=1S/C10H8ClNO2S/c1-14-10(13)3-6-2-7(11)4-9(15)8(6)5-12/h2,4,15H,3H2,1H3. The van der Waals surface area contributed by atoms with Crippen LogP contribution in [0.3, 0.4) is 0 Å². The number of halogens is 1. The zero-order chi connectivity index (χ0) is 11.4. The maximum Gasteiger partial charge on any atom is 0.310 e. The van der Waals surface area contributed by atoms with Crippen LogP contribution in [0.4, 0.5) is 0 Å². The highest BCUT2D eigenvalue weighted by molar-refractivity contribution is 7.80. The number of benzene rings is 1. The first kappa shape index (κ1) is 11.9. The van der Waals surface area contributed by atoms with Gasteiger partial charge in [-0.05, 0) is 17.7 Å². The van der Waals surface area contributed by atoms with E-state index in [4.69, 9.17) is 16.9 Å².